The lowest BCUT2D eigenvalue weighted by Crippen LogP contribution is -2.29. The van der Waals surface area contributed by atoms with Crippen molar-refractivity contribution in [2.24, 2.45) is 10.8 Å². The standard InChI is InChI=1S/C15H19NO2S/c1-14(2)13(15(14,3)4)16-12(18)11-10(6-5-8-17)7-9-19-11/h7,9,13,17H,8H2,1-4H3,(H,16,18). The number of amides is 1. The fraction of sp³-hybridized carbons (Fsp3) is 0.533. The van der Waals surface area contributed by atoms with Crippen molar-refractivity contribution in [3.63, 3.8) is 0 Å². The van der Waals surface area contributed by atoms with Gasteiger partial charge in [0.15, 0.2) is 0 Å². The molecule has 1 aliphatic rings. The average molecular weight is 277 g/mol. The van der Waals surface area contributed by atoms with Crippen molar-refractivity contribution in [1.29, 1.82) is 0 Å². The van der Waals surface area contributed by atoms with E-state index in [-0.39, 0.29) is 29.4 Å². The van der Waals surface area contributed by atoms with E-state index >= 15 is 0 Å². The van der Waals surface area contributed by atoms with Gasteiger partial charge in [-0.2, -0.15) is 0 Å². The lowest BCUT2D eigenvalue weighted by Gasteiger charge is -2.05. The minimum absolute atomic E-state index is 0.0686. The Labute approximate surface area is 118 Å². The highest BCUT2D eigenvalue weighted by Crippen LogP contribution is 2.62. The van der Waals surface area contributed by atoms with Gasteiger partial charge in [-0.3, -0.25) is 4.79 Å². The van der Waals surface area contributed by atoms with Crippen molar-refractivity contribution in [2.75, 3.05) is 6.61 Å². The second-order valence-electron chi connectivity index (χ2n) is 5.97. The lowest BCUT2D eigenvalue weighted by molar-refractivity contribution is 0.0947. The molecule has 19 heavy (non-hydrogen) atoms. The van der Waals surface area contributed by atoms with Crippen LogP contribution >= 0.6 is 11.3 Å². The molecule has 1 aromatic heterocycles. The number of hydrogen-bond donors (Lipinski definition) is 2. The van der Waals surface area contributed by atoms with Gasteiger partial charge in [0.05, 0.1) is 0 Å². The monoisotopic (exact) mass is 277 g/mol. The van der Waals surface area contributed by atoms with E-state index in [2.05, 4.69) is 44.9 Å². The van der Waals surface area contributed by atoms with E-state index < -0.39 is 0 Å². The predicted molar refractivity (Wildman–Crippen MR) is 77.1 cm³/mol. The molecule has 0 aromatic carbocycles. The summed E-state index contributed by atoms with van der Waals surface area (Å²) in [6.45, 7) is 8.47. The van der Waals surface area contributed by atoms with Gasteiger partial charge >= 0.3 is 0 Å². The maximum atomic E-state index is 12.3. The van der Waals surface area contributed by atoms with Gasteiger partial charge in [0.1, 0.15) is 11.5 Å². The Morgan fingerprint density at radius 2 is 2.05 bits per heavy atom. The molecule has 1 aromatic rings. The fourth-order valence-corrected chi connectivity index (χ4v) is 3.22. The Morgan fingerprint density at radius 3 is 2.58 bits per heavy atom. The van der Waals surface area contributed by atoms with Crippen LogP contribution in [0.4, 0.5) is 0 Å². The second-order valence-corrected chi connectivity index (χ2v) is 6.89. The third-order valence-electron chi connectivity index (χ3n) is 4.47. The highest BCUT2D eigenvalue weighted by Gasteiger charge is 2.65. The molecule has 1 aliphatic carbocycles. The molecule has 1 amide bonds. The number of hydrogen-bond acceptors (Lipinski definition) is 3. The van der Waals surface area contributed by atoms with Crippen LogP contribution in [0.15, 0.2) is 11.4 Å². The first-order valence-electron chi connectivity index (χ1n) is 6.30. The van der Waals surface area contributed by atoms with Gasteiger partial charge in [-0.05, 0) is 22.3 Å². The van der Waals surface area contributed by atoms with Crippen LogP contribution in [0.25, 0.3) is 0 Å². The third-order valence-corrected chi connectivity index (χ3v) is 5.38. The van der Waals surface area contributed by atoms with E-state index in [9.17, 15) is 4.79 Å². The SMILES string of the molecule is CC1(C)C(NC(=O)c2sccc2C#CCO)C1(C)C. The predicted octanol–water partition coefficient (Wildman–Crippen LogP) is 2.26. The van der Waals surface area contributed by atoms with Gasteiger partial charge in [0.2, 0.25) is 0 Å². The molecule has 0 spiro atoms. The van der Waals surface area contributed by atoms with Crippen LogP contribution in [0.1, 0.15) is 42.9 Å². The molecular formula is C15H19NO2S. The summed E-state index contributed by atoms with van der Waals surface area (Å²) in [6, 6.07) is 2.00. The van der Waals surface area contributed by atoms with Gasteiger partial charge < -0.3 is 10.4 Å². The van der Waals surface area contributed by atoms with E-state index in [1.165, 1.54) is 11.3 Å². The molecule has 1 saturated carbocycles. The van der Waals surface area contributed by atoms with Crippen molar-refractivity contribution in [3.8, 4) is 11.8 Å². The Kier molecular flexibility index (Phi) is 3.46. The van der Waals surface area contributed by atoms with Gasteiger partial charge in [0.25, 0.3) is 5.91 Å². The maximum absolute atomic E-state index is 12.3. The minimum atomic E-state index is -0.195. The highest BCUT2D eigenvalue weighted by molar-refractivity contribution is 7.12. The number of nitrogens with one attached hydrogen (secondary N) is 1. The number of carbonyl (C=O) groups is 1. The smallest absolute Gasteiger partial charge is 0.262 e. The molecule has 2 N–H and O–H groups in total. The first-order chi connectivity index (χ1) is 8.82. The van der Waals surface area contributed by atoms with Crippen molar-refractivity contribution in [1.82, 2.24) is 5.32 Å². The zero-order valence-corrected chi connectivity index (χ0v) is 12.5. The molecule has 2 rings (SSSR count). The second kappa shape index (κ2) is 4.66. The summed E-state index contributed by atoms with van der Waals surface area (Å²) in [4.78, 5) is 12.9. The number of rotatable bonds is 2. The summed E-state index contributed by atoms with van der Waals surface area (Å²) in [7, 11) is 0. The normalized spacial score (nSPS) is 19.4. The van der Waals surface area contributed by atoms with Crippen LogP contribution < -0.4 is 5.32 Å². The van der Waals surface area contributed by atoms with Gasteiger partial charge in [0, 0.05) is 11.6 Å². The van der Waals surface area contributed by atoms with Crippen LogP contribution in [-0.2, 0) is 0 Å². The quantitative estimate of drug-likeness (QED) is 0.815. The van der Waals surface area contributed by atoms with E-state index in [1.807, 2.05) is 11.4 Å². The topological polar surface area (TPSA) is 49.3 Å². The van der Waals surface area contributed by atoms with Crippen molar-refractivity contribution in [3.05, 3.63) is 21.9 Å². The van der Waals surface area contributed by atoms with Gasteiger partial charge in [-0.25, -0.2) is 0 Å². The van der Waals surface area contributed by atoms with Crippen molar-refractivity contribution < 1.29 is 9.90 Å². The first kappa shape index (κ1) is 14.1. The summed E-state index contributed by atoms with van der Waals surface area (Å²) in [6.07, 6.45) is 0. The van der Waals surface area contributed by atoms with Crippen LogP contribution in [0.3, 0.4) is 0 Å². The molecule has 0 saturated heterocycles. The van der Waals surface area contributed by atoms with Gasteiger partial charge in [-0.1, -0.05) is 39.5 Å². The van der Waals surface area contributed by atoms with Crippen LogP contribution in [-0.4, -0.2) is 23.7 Å². The molecule has 0 bridgehead atoms. The summed E-state index contributed by atoms with van der Waals surface area (Å²) in [5, 5.41) is 13.7. The molecule has 0 unspecified atom stereocenters. The van der Waals surface area contributed by atoms with Crippen LogP contribution in [0.5, 0.6) is 0 Å². The molecule has 0 radical (unpaired) electrons. The summed E-state index contributed by atoms with van der Waals surface area (Å²) >= 11 is 1.38. The average Bonchev–Trinajstić information content (AvgIpc) is 2.75. The third kappa shape index (κ3) is 2.29. The highest BCUT2D eigenvalue weighted by atomic mass is 32.1. The van der Waals surface area contributed by atoms with E-state index in [0.717, 1.165) is 0 Å². The zero-order valence-electron chi connectivity index (χ0n) is 11.7. The van der Waals surface area contributed by atoms with E-state index in [1.54, 1.807) is 0 Å². The number of carbonyl (C=O) groups excluding carboxylic acids is 1. The summed E-state index contributed by atoms with van der Waals surface area (Å²) in [5.41, 5.74) is 0.932. The Hall–Kier alpha value is -1.31. The molecular weight excluding hydrogens is 258 g/mol. The largest absolute Gasteiger partial charge is 0.384 e. The molecule has 1 fully saturated rings. The Morgan fingerprint density at radius 1 is 1.42 bits per heavy atom. The molecule has 0 atom stereocenters. The fourth-order valence-electron chi connectivity index (χ4n) is 2.47. The molecule has 1 heterocycles. The van der Waals surface area contributed by atoms with Crippen LogP contribution in [0.2, 0.25) is 0 Å². The van der Waals surface area contributed by atoms with Crippen LogP contribution in [0, 0.1) is 22.7 Å². The molecule has 3 nitrogen and oxygen atoms in total. The first-order valence-corrected chi connectivity index (χ1v) is 7.18. The van der Waals surface area contributed by atoms with E-state index in [0.29, 0.717) is 10.4 Å². The maximum Gasteiger partial charge on any atom is 0.262 e. The molecule has 4 heteroatoms. The number of aliphatic hydroxyl groups is 1. The lowest BCUT2D eigenvalue weighted by atomic mass is 10.0. The minimum Gasteiger partial charge on any atom is -0.384 e. The number of thiophene rings is 1. The van der Waals surface area contributed by atoms with E-state index in [4.69, 9.17) is 5.11 Å². The molecule has 102 valence electrons. The Bertz CT molecular complexity index is 546. The zero-order chi connectivity index (χ0) is 14.3. The van der Waals surface area contributed by atoms with Gasteiger partial charge in [-0.15, -0.1) is 11.3 Å². The molecule has 0 aliphatic heterocycles. The Balaban J connectivity index is 2.13. The van der Waals surface area contributed by atoms with Crippen molar-refractivity contribution in [2.45, 2.75) is 33.7 Å². The van der Waals surface area contributed by atoms with Crippen molar-refractivity contribution >= 4 is 17.2 Å². The number of aliphatic hydroxyl groups excluding tert-OH is 1. The summed E-state index contributed by atoms with van der Waals surface area (Å²) in [5.74, 6) is 5.32. The summed E-state index contributed by atoms with van der Waals surface area (Å²) < 4.78 is 0.